The van der Waals surface area contributed by atoms with Crippen molar-refractivity contribution in [2.24, 2.45) is 0 Å². The van der Waals surface area contributed by atoms with Gasteiger partial charge in [0, 0.05) is 0 Å². The molecule has 0 aliphatic carbocycles. The molecule has 0 heterocycles. The summed E-state index contributed by atoms with van der Waals surface area (Å²) in [6, 6.07) is 13.5. The Morgan fingerprint density at radius 1 is 1.13 bits per heavy atom. The Morgan fingerprint density at radius 2 is 1.83 bits per heavy atom. The minimum absolute atomic E-state index is 0.0613. The highest BCUT2D eigenvalue weighted by atomic mass is 19.1. The van der Waals surface area contributed by atoms with Crippen LogP contribution in [0.2, 0.25) is 0 Å². The fourth-order valence-corrected chi connectivity index (χ4v) is 1.92. The SMILES string of the molecule is Cc1ccc(OC[C@@H](C)NC(=O)COc2ccccc2F)cc1. The maximum atomic E-state index is 13.4. The lowest BCUT2D eigenvalue weighted by molar-refractivity contribution is -0.123. The molecule has 2 aromatic rings. The molecular formula is C18H20FNO3. The number of halogens is 1. The molecule has 0 saturated carbocycles. The number of benzene rings is 2. The zero-order valence-electron chi connectivity index (χ0n) is 13.2. The second kappa shape index (κ2) is 8.17. The van der Waals surface area contributed by atoms with Gasteiger partial charge >= 0.3 is 0 Å². The highest BCUT2D eigenvalue weighted by Crippen LogP contribution is 2.15. The van der Waals surface area contributed by atoms with Gasteiger partial charge in [-0.1, -0.05) is 29.8 Å². The number of nitrogens with one attached hydrogen (secondary N) is 1. The van der Waals surface area contributed by atoms with Crippen LogP contribution in [-0.4, -0.2) is 25.2 Å². The summed E-state index contributed by atoms with van der Waals surface area (Å²) in [6.45, 7) is 3.93. The number of hydrogen-bond donors (Lipinski definition) is 1. The van der Waals surface area contributed by atoms with Crippen LogP contribution in [-0.2, 0) is 4.79 Å². The molecule has 1 N–H and O–H groups in total. The Morgan fingerprint density at radius 3 is 2.52 bits per heavy atom. The monoisotopic (exact) mass is 317 g/mol. The van der Waals surface area contributed by atoms with Crippen LogP contribution in [0.5, 0.6) is 11.5 Å². The van der Waals surface area contributed by atoms with E-state index in [1.54, 1.807) is 12.1 Å². The molecule has 5 heteroatoms. The quantitative estimate of drug-likeness (QED) is 0.853. The van der Waals surface area contributed by atoms with Crippen molar-refractivity contribution in [2.75, 3.05) is 13.2 Å². The molecule has 0 aliphatic rings. The van der Waals surface area contributed by atoms with Crippen LogP contribution in [0.25, 0.3) is 0 Å². The first-order valence-electron chi connectivity index (χ1n) is 7.41. The van der Waals surface area contributed by atoms with Crippen molar-refractivity contribution in [3.63, 3.8) is 0 Å². The lowest BCUT2D eigenvalue weighted by Crippen LogP contribution is -2.39. The fourth-order valence-electron chi connectivity index (χ4n) is 1.92. The summed E-state index contributed by atoms with van der Waals surface area (Å²) in [5.41, 5.74) is 1.16. The maximum Gasteiger partial charge on any atom is 0.258 e. The van der Waals surface area contributed by atoms with Gasteiger partial charge in [-0.2, -0.15) is 0 Å². The van der Waals surface area contributed by atoms with Crippen molar-refractivity contribution in [3.8, 4) is 11.5 Å². The van der Waals surface area contributed by atoms with Crippen molar-refractivity contribution < 1.29 is 18.7 Å². The lowest BCUT2D eigenvalue weighted by Gasteiger charge is -2.15. The third kappa shape index (κ3) is 5.62. The summed E-state index contributed by atoms with van der Waals surface area (Å²) in [5.74, 6) is -0.00479. The predicted molar refractivity (Wildman–Crippen MR) is 86.2 cm³/mol. The third-order valence-electron chi connectivity index (χ3n) is 3.12. The van der Waals surface area contributed by atoms with Gasteiger partial charge in [0.25, 0.3) is 5.91 Å². The van der Waals surface area contributed by atoms with E-state index >= 15 is 0 Å². The molecule has 1 amide bonds. The van der Waals surface area contributed by atoms with Crippen LogP contribution in [0.15, 0.2) is 48.5 Å². The molecule has 2 aromatic carbocycles. The summed E-state index contributed by atoms with van der Waals surface area (Å²) in [7, 11) is 0. The Balaban J connectivity index is 1.72. The molecule has 0 saturated heterocycles. The largest absolute Gasteiger partial charge is 0.491 e. The van der Waals surface area contributed by atoms with Crippen molar-refractivity contribution in [2.45, 2.75) is 19.9 Å². The summed E-state index contributed by atoms with van der Waals surface area (Å²) < 4.78 is 24.1. The first kappa shape index (κ1) is 16.8. The van der Waals surface area contributed by atoms with Crippen molar-refractivity contribution in [1.82, 2.24) is 5.32 Å². The molecule has 1 atom stereocenters. The number of carbonyl (C=O) groups excluding carboxylic acids is 1. The van der Waals surface area contributed by atoms with Gasteiger partial charge in [0.2, 0.25) is 0 Å². The van der Waals surface area contributed by atoms with Gasteiger partial charge in [0.1, 0.15) is 12.4 Å². The fraction of sp³-hybridized carbons (Fsp3) is 0.278. The normalized spacial score (nSPS) is 11.6. The second-order valence-electron chi connectivity index (χ2n) is 5.31. The molecule has 4 nitrogen and oxygen atoms in total. The molecule has 0 fully saturated rings. The first-order valence-corrected chi connectivity index (χ1v) is 7.41. The average Bonchev–Trinajstić information content (AvgIpc) is 2.53. The van der Waals surface area contributed by atoms with Crippen LogP contribution in [0.3, 0.4) is 0 Å². The van der Waals surface area contributed by atoms with Gasteiger partial charge in [-0.05, 0) is 38.1 Å². The van der Waals surface area contributed by atoms with E-state index in [1.807, 2.05) is 38.1 Å². The Bertz CT molecular complexity index is 643. The van der Waals surface area contributed by atoms with Gasteiger partial charge in [-0.15, -0.1) is 0 Å². The highest BCUT2D eigenvalue weighted by Gasteiger charge is 2.10. The Kier molecular flexibility index (Phi) is 5.97. The van der Waals surface area contributed by atoms with Crippen molar-refractivity contribution in [1.29, 1.82) is 0 Å². The molecule has 0 radical (unpaired) electrons. The zero-order valence-corrected chi connectivity index (χ0v) is 13.2. The standard InChI is InChI=1S/C18H20FNO3/c1-13-7-9-15(10-8-13)22-11-14(2)20-18(21)12-23-17-6-4-3-5-16(17)19/h3-10,14H,11-12H2,1-2H3,(H,20,21)/t14-/m1/s1. The summed E-state index contributed by atoms with van der Waals surface area (Å²) in [5, 5.41) is 2.74. The smallest absolute Gasteiger partial charge is 0.258 e. The first-order chi connectivity index (χ1) is 11.0. The molecule has 122 valence electrons. The zero-order chi connectivity index (χ0) is 16.7. The molecule has 0 unspecified atom stereocenters. The van der Waals surface area contributed by atoms with Crippen LogP contribution in [0.1, 0.15) is 12.5 Å². The Hall–Kier alpha value is -2.56. The molecule has 0 aliphatic heterocycles. The predicted octanol–water partition coefficient (Wildman–Crippen LogP) is 3.10. The Labute approximate surface area is 135 Å². The van der Waals surface area contributed by atoms with Gasteiger partial charge in [-0.25, -0.2) is 4.39 Å². The minimum atomic E-state index is -0.490. The molecule has 2 rings (SSSR count). The highest BCUT2D eigenvalue weighted by molar-refractivity contribution is 5.77. The number of aryl methyl sites for hydroxylation is 1. The van der Waals surface area contributed by atoms with Crippen molar-refractivity contribution in [3.05, 3.63) is 59.9 Å². The van der Waals surface area contributed by atoms with Crippen LogP contribution < -0.4 is 14.8 Å². The molecule has 0 aromatic heterocycles. The van der Waals surface area contributed by atoms with Crippen molar-refractivity contribution >= 4 is 5.91 Å². The average molecular weight is 317 g/mol. The number of carbonyl (C=O) groups is 1. The molecule has 0 spiro atoms. The number of hydrogen-bond acceptors (Lipinski definition) is 3. The van der Waals surface area contributed by atoms with Crippen LogP contribution >= 0.6 is 0 Å². The van der Waals surface area contributed by atoms with Gasteiger partial charge in [-0.3, -0.25) is 4.79 Å². The van der Waals surface area contributed by atoms with Crippen LogP contribution in [0, 0.1) is 12.7 Å². The second-order valence-corrected chi connectivity index (χ2v) is 5.31. The van der Waals surface area contributed by atoms with Gasteiger partial charge in [0.15, 0.2) is 18.2 Å². The van der Waals surface area contributed by atoms with Gasteiger partial charge in [0.05, 0.1) is 6.04 Å². The maximum absolute atomic E-state index is 13.4. The number of ether oxygens (including phenoxy) is 2. The van der Waals surface area contributed by atoms with E-state index < -0.39 is 5.82 Å². The summed E-state index contributed by atoms with van der Waals surface area (Å²) in [4.78, 5) is 11.8. The van der Waals surface area contributed by atoms with E-state index in [0.29, 0.717) is 6.61 Å². The molecule has 23 heavy (non-hydrogen) atoms. The lowest BCUT2D eigenvalue weighted by atomic mass is 10.2. The van der Waals surface area contributed by atoms with E-state index in [9.17, 15) is 9.18 Å². The molecular weight excluding hydrogens is 297 g/mol. The van der Waals surface area contributed by atoms with E-state index in [4.69, 9.17) is 9.47 Å². The summed E-state index contributed by atoms with van der Waals surface area (Å²) >= 11 is 0. The molecule has 0 bridgehead atoms. The minimum Gasteiger partial charge on any atom is -0.491 e. The van der Waals surface area contributed by atoms with E-state index in [1.165, 1.54) is 12.1 Å². The van der Waals surface area contributed by atoms with E-state index in [-0.39, 0.29) is 24.3 Å². The van der Waals surface area contributed by atoms with Crippen LogP contribution in [0.4, 0.5) is 4.39 Å². The number of para-hydroxylation sites is 1. The topological polar surface area (TPSA) is 47.6 Å². The van der Waals surface area contributed by atoms with E-state index in [0.717, 1.165) is 11.3 Å². The number of rotatable bonds is 7. The van der Waals surface area contributed by atoms with E-state index in [2.05, 4.69) is 5.32 Å². The third-order valence-corrected chi connectivity index (χ3v) is 3.12. The van der Waals surface area contributed by atoms with Gasteiger partial charge < -0.3 is 14.8 Å². The summed E-state index contributed by atoms with van der Waals surface area (Å²) in [6.07, 6.45) is 0. The number of amides is 1.